The highest BCUT2D eigenvalue weighted by Gasteiger charge is 2.05. The Bertz CT molecular complexity index is 827. The lowest BCUT2D eigenvalue weighted by Crippen LogP contribution is -2.28. The van der Waals surface area contributed by atoms with E-state index in [1.54, 1.807) is 6.92 Å². The van der Waals surface area contributed by atoms with Gasteiger partial charge in [-0.05, 0) is 18.4 Å². The van der Waals surface area contributed by atoms with Crippen molar-refractivity contribution >= 4 is 11.8 Å². The number of aromatic nitrogens is 4. The maximum absolute atomic E-state index is 12.0. The topological polar surface area (TPSA) is 128 Å². The highest BCUT2D eigenvalue weighted by molar-refractivity contribution is 5.76. The summed E-state index contributed by atoms with van der Waals surface area (Å²) in [6, 6.07) is 7.54. The number of rotatable bonds is 14. The highest BCUT2D eigenvalue weighted by atomic mass is 16.5. The number of carbonyl (C=O) groups is 2. The molecule has 0 bridgehead atoms. The maximum Gasteiger partial charge on any atom is 0.222 e. The lowest BCUT2D eigenvalue weighted by molar-refractivity contribution is -0.122. The minimum atomic E-state index is -0.0851. The first-order valence-corrected chi connectivity index (χ1v) is 10.8. The molecular weight excluding hydrogens is 412 g/mol. The average Bonchev–Trinajstić information content (AvgIpc) is 2.77. The average molecular weight is 445 g/mol. The van der Waals surface area contributed by atoms with Gasteiger partial charge in [0.2, 0.25) is 17.6 Å². The molecular formula is C22H32N6O4. The van der Waals surface area contributed by atoms with Gasteiger partial charge in [0.05, 0.1) is 26.4 Å². The molecule has 1 heterocycles. The molecule has 2 aromatic rings. The molecule has 0 saturated carbocycles. The number of aryl methyl sites for hydroxylation is 1. The Kier molecular flexibility index (Phi) is 11.2. The fourth-order valence-electron chi connectivity index (χ4n) is 2.65. The van der Waals surface area contributed by atoms with E-state index in [1.165, 1.54) is 0 Å². The molecule has 2 rings (SSSR count). The first-order chi connectivity index (χ1) is 15.4. The second-order valence-electron chi connectivity index (χ2n) is 7.67. The summed E-state index contributed by atoms with van der Waals surface area (Å²) < 4.78 is 10.8. The van der Waals surface area contributed by atoms with Crippen molar-refractivity contribution in [2.24, 2.45) is 5.92 Å². The standard InChI is InChI=1S/C22H32N6O4/c1-16(2)14-21(30)23-9-11-32-13-12-31-10-8-20(29)24-15-18-4-6-19(7-5-18)22-27-25-17(3)26-28-22/h4-7,16H,8-15H2,1-3H3,(H,23,30)(H,24,29). The fraction of sp³-hybridized carbons (Fsp3) is 0.545. The van der Waals surface area contributed by atoms with Crippen molar-refractivity contribution in [2.75, 3.05) is 33.0 Å². The summed E-state index contributed by atoms with van der Waals surface area (Å²) in [4.78, 5) is 23.4. The van der Waals surface area contributed by atoms with Gasteiger partial charge >= 0.3 is 0 Å². The maximum atomic E-state index is 12.0. The number of hydrogen-bond acceptors (Lipinski definition) is 8. The SMILES string of the molecule is Cc1nnc(-c2ccc(CNC(=O)CCOCCOCCNC(=O)CC(C)C)cc2)nn1. The summed E-state index contributed by atoms with van der Waals surface area (Å²) in [5.41, 5.74) is 1.78. The van der Waals surface area contributed by atoms with Crippen LogP contribution in [-0.2, 0) is 25.6 Å². The van der Waals surface area contributed by atoms with Crippen LogP contribution < -0.4 is 10.6 Å². The van der Waals surface area contributed by atoms with E-state index in [-0.39, 0.29) is 18.2 Å². The van der Waals surface area contributed by atoms with Crippen LogP contribution in [0.2, 0.25) is 0 Å². The molecule has 0 aliphatic heterocycles. The van der Waals surface area contributed by atoms with Crippen LogP contribution in [-0.4, -0.2) is 65.2 Å². The molecule has 2 N–H and O–H groups in total. The van der Waals surface area contributed by atoms with E-state index < -0.39 is 0 Å². The third-order valence-electron chi connectivity index (χ3n) is 4.29. The third kappa shape index (κ3) is 10.4. The van der Waals surface area contributed by atoms with Crippen molar-refractivity contribution < 1.29 is 19.1 Å². The zero-order valence-electron chi connectivity index (χ0n) is 19.0. The second-order valence-corrected chi connectivity index (χ2v) is 7.67. The van der Waals surface area contributed by atoms with Crippen LogP contribution in [0.25, 0.3) is 11.4 Å². The number of nitrogens with one attached hydrogen (secondary N) is 2. The van der Waals surface area contributed by atoms with E-state index in [9.17, 15) is 9.59 Å². The quantitative estimate of drug-likeness (QED) is 0.419. The Hall–Kier alpha value is -2.98. The van der Waals surface area contributed by atoms with E-state index in [0.29, 0.717) is 63.5 Å². The predicted molar refractivity (Wildman–Crippen MR) is 118 cm³/mol. The van der Waals surface area contributed by atoms with E-state index in [0.717, 1.165) is 11.1 Å². The van der Waals surface area contributed by atoms with Gasteiger partial charge in [-0.3, -0.25) is 9.59 Å². The van der Waals surface area contributed by atoms with Crippen molar-refractivity contribution in [1.82, 2.24) is 31.0 Å². The second kappa shape index (κ2) is 14.2. The molecule has 174 valence electrons. The number of benzene rings is 1. The van der Waals surface area contributed by atoms with Crippen LogP contribution in [0.5, 0.6) is 0 Å². The molecule has 0 spiro atoms. The molecule has 10 heteroatoms. The Morgan fingerprint density at radius 2 is 1.53 bits per heavy atom. The van der Waals surface area contributed by atoms with E-state index in [2.05, 4.69) is 31.0 Å². The van der Waals surface area contributed by atoms with Gasteiger partial charge in [0.15, 0.2) is 5.82 Å². The van der Waals surface area contributed by atoms with Crippen LogP contribution in [0.1, 0.15) is 38.1 Å². The summed E-state index contributed by atoms with van der Waals surface area (Å²) in [6.07, 6.45) is 0.798. The number of nitrogens with zero attached hydrogens (tertiary/aromatic N) is 4. The van der Waals surface area contributed by atoms with Crippen molar-refractivity contribution in [3.8, 4) is 11.4 Å². The first-order valence-electron chi connectivity index (χ1n) is 10.8. The van der Waals surface area contributed by atoms with Gasteiger partial charge in [-0.25, -0.2) is 0 Å². The van der Waals surface area contributed by atoms with Crippen LogP contribution in [0, 0.1) is 12.8 Å². The van der Waals surface area contributed by atoms with Gasteiger partial charge < -0.3 is 20.1 Å². The molecule has 0 aliphatic carbocycles. The summed E-state index contributed by atoms with van der Waals surface area (Å²) in [5, 5.41) is 21.5. The minimum absolute atomic E-state index is 0.0386. The Morgan fingerprint density at radius 1 is 0.875 bits per heavy atom. The molecule has 0 saturated heterocycles. The molecule has 0 fully saturated rings. The molecule has 0 radical (unpaired) electrons. The number of amides is 2. The summed E-state index contributed by atoms with van der Waals surface area (Å²) in [7, 11) is 0. The molecule has 1 aromatic carbocycles. The Labute approximate surface area is 188 Å². The van der Waals surface area contributed by atoms with Gasteiger partial charge in [0.1, 0.15) is 0 Å². The van der Waals surface area contributed by atoms with Crippen LogP contribution >= 0.6 is 0 Å². The molecule has 0 aliphatic rings. The molecule has 0 unspecified atom stereocenters. The molecule has 1 aromatic heterocycles. The van der Waals surface area contributed by atoms with Crippen LogP contribution in [0.3, 0.4) is 0 Å². The number of hydrogen-bond donors (Lipinski definition) is 2. The third-order valence-corrected chi connectivity index (χ3v) is 4.29. The smallest absolute Gasteiger partial charge is 0.222 e. The first kappa shape index (κ1) is 25.3. The largest absolute Gasteiger partial charge is 0.379 e. The van der Waals surface area contributed by atoms with Gasteiger partial charge in [0, 0.05) is 31.5 Å². The van der Waals surface area contributed by atoms with Gasteiger partial charge in [0.25, 0.3) is 0 Å². The van der Waals surface area contributed by atoms with Crippen molar-refractivity contribution in [3.63, 3.8) is 0 Å². The van der Waals surface area contributed by atoms with E-state index in [4.69, 9.17) is 9.47 Å². The van der Waals surface area contributed by atoms with Crippen molar-refractivity contribution in [1.29, 1.82) is 0 Å². The molecule has 10 nitrogen and oxygen atoms in total. The summed E-state index contributed by atoms with van der Waals surface area (Å²) >= 11 is 0. The minimum Gasteiger partial charge on any atom is -0.379 e. The lowest BCUT2D eigenvalue weighted by Gasteiger charge is -2.09. The van der Waals surface area contributed by atoms with Gasteiger partial charge in [-0.2, -0.15) is 0 Å². The fourth-order valence-corrected chi connectivity index (χ4v) is 2.65. The zero-order valence-corrected chi connectivity index (χ0v) is 19.0. The monoisotopic (exact) mass is 444 g/mol. The predicted octanol–water partition coefficient (Wildman–Crippen LogP) is 1.44. The highest BCUT2D eigenvalue weighted by Crippen LogP contribution is 2.13. The molecule has 0 atom stereocenters. The van der Waals surface area contributed by atoms with E-state index in [1.807, 2.05) is 38.1 Å². The van der Waals surface area contributed by atoms with Crippen molar-refractivity contribution in [3.05, 3.63) is 35.7 Å². The zero-order chi connectivity index (χ0) is 23.2. The van der Waals surface area contributed by atoms with Gasteiger partial charge in [-0.1, -0.05) is 38.1 Å². The van der Waals surface area contributed by atoms with E-state index >= 15 is 0 Å². The number of ether oxygens (including phenoxy) is 2. The van der Waals surface area contributed by atoms with Crippen molar-refractivity contribution in [2.45, 2.75) is 40.2 Å². The molecule has 2 amide bonds. The Morgan fingerprint density at radius 3 is 2.19 bits per heavy atom. The summed E-state index contributed by atoms with van der Waals surface area (Å²) in [6.45, 7) is 8.24. The van der Waals surface area contributed by atoms with Gasteiger partial charge in [-0.15, -0.1) is 20.4 Å². The van der Waals surface area contributed by atoms with Crippen LogP contribution in [0.15, 0.2) is 24.3 Å². The number of carbonyl (C=O) groups excluding carboxylic acids is 2. The Balaban J connectivity index is 1.50. The summed E-state index contributed by atoms with van der Waals surface area (Å²) in [5.74, 6) is 1.28. The van der Waals surface area contributed by atoms with Crippen LogP contribution in [0.4, 0.5) is 0 Å². The lowest BCUT2D eigenvalue weighted by atomic mass is 10.1. The normalized spacial score (nSPS) is 10.9. The molecule has 32 heavy (non-hydrogen) atoms.